The van der Waals surface area contributed by atoms with Crippen LogP contribution < -0.4 is 10.6 Å². The minimum atomic E-state index is -1.16. The number of aromatic nitrogens is 2. The van der Waals surface area contributed by atoms with E-state index in [1.54, 1.807) is 31.0 Å². The average molecular weight is 344 g/mol. The van der Waals surface area contributed by atoms with Crippen LogP contribution in [0.1, 0.15) is 36.1 Å². The molecular weight excluding hydrogens is 316 g/mol. The largest absolute Gasteiger partial charge is 0.383 e. The second-order valence-corrected chi connectivity index (χ2v) is 7.04. The van der Waals surface area contributed by atoms with Crippen LogP contribution >= 0.6 is 0 Å². The maximum atomic E-state index is 12.1. The van der Waals surface area contributed by atoms with Crippen LogP contribution in [0.3, 0.4) is 0 Å². The van der Waals surface area contributed by atoms with Crippen molar-refractivity contribution in [1.29, 1.82) is 0 Å². The van der Waals surface area contributed by atoms with Crippen molar-refractivity contribution in [2.24, 2.45) is 7.05 Å². The molecule has 2 atom stereocenters. The van der Waals surface area contributed by atoms with Gasteiger partial charge < -0.3 is 15.7 Å². The highest BCUT2D eigenvalue weighted by Crippen LogP contribution is 2.18. The fourth-order valence-corrected chi connectivity index (χ4v) is 2.78. The summed E-state index contributed by atoms with van der Waals surface area (Å²) in [5.41, 5.74) is 3.19. The lowest BCUT2D eigenvalue weighted by atomic mass is 9.99. The SMILES string of the molecule is Cc1ccc(C[C@@H](C)NC(=O)NC[C@@](C)(O)c2cnn(C)c2)c(C)c1. The zero-order valence-corrected chi connectivity index (χ0v) is 15.6. The molecule has 1 aromatic carbocycles. The van der Waals surface area contributed by atoms with Crippen molar-refractivity contribution in [3.63, 3.8) is 0 Å². The van der Waals surface area contributed by atoms with Gasteiger partial charge in [0.2, 0.25) is 0 Å². The molecule has 0 bridgehead atoms. The summed E-state index contributed by atoms with van der Waals surface area (Å²) in [6, 6.07) is 6.03. The summed E-state index contributed by atoms with van der Waals surface area (Å²) in [6.07, 6.45) is 4.10. The fraction of sp³-hybridized carbons (Fsp3) is 0.474. The van der Waals surface area contributed by atoms with E-state index in [-0.39, 0.29) is 18.6 Å². The molecule has 25 heavy (non-hydrogen) atoms. The van der Waals surface area contributed by atoms with Crippen molar-refractivity contribution in [1.82, 2.24) is 20.4 Å². The van der Waals surface area contributed by atoms with E-state index >= 15 is 0 Å². The lowest BCUT2D eigenvalue weighted by Gasteiger charge is -2.23. The Labute approximate surface area is 149 Å². The molecular formula is C19H28N4O2. The molecule has 0 aliphatic rings. The van der Waals surface area contributed by atoms with Gasteiger partial charge in [0.25, 0.3) is 0 Å². The van der Waals surface area contributed by atoms with Crippen molar-refractivity contribution in [2.45, 2.75) is 45.8 Å². The molecule has 0 radical (unpaired) electrons. The number of benzene rings is 1. The van der Waals surface area contributed by atoms with E-state index in [0.29, 0.717) is 5.56 Å². The Morgan fingerprint density at radius 2 is 2.12 bits per heavy atom. The van der Waals surface area contributed by atoms with E-state index in [1.165, 1.54) is 16.7 Å². The van der Waals surface area contributed by atoms with Crippen molar-refractivity contribution in [2.75, 3.05) is 6.54 Å². The molecule has 1 aromatic heterocycles. The average Bonchev–Trinajstić information content (AvgIpc) is 2.96. The highest BCUT2D eigenvalue weighted by atomic mass is 16.3. The smallest absolute Gasteiger partial charge is 0.315 e. The van der Waals surface area contributed by atoms with Gasteiger partial charge in [0.1, 0.15) is 5.60 Å². The Bertz CT molecular complexity index is 737. The Morgan fingerprint density at radius 1 is 1.40 bits per heavy atom. The van der Waals surface area contributed by atoms with Crippen molar-refractivity contribution < 1.29 is 9.90 Å². The van der Waals surface area contributed by atoms with Gasteiger partial charge in [-0.3, -0.25) is 4.68 Å². The number of hydrogen-bond acceptors (Lipinski definition) is 3. The van der Waals surface area contributed by atoms with Gasteiger partial charge in [0, 0.05) is 24.8 Å². The van der Waals surface area contributed by atoms with E-state index in [2.05, 4.69) is 47.8 Å². The number of nitrogens with zero attached hydrogens (tertiary/aromatic N) is 2. The highest BCUT2D eigenvalue weighted by Gasteiger charge is 2.25. The molecule has 136 valence electrons. The van der Waals surface area contributed by atoms with Gasteiger partial charge in [-0.2, -0.15) is 5.10 Å². The van der Waals surface area contributed by atoms with Crippen LogP contribution in [0.15, 0.2) is 30.6 Å². The van der Waals surface area contributed by atoms with Crippen LogP contribution in [-0.2, 0) is 19.1 Å². The quantitative estimate of drug-likeness (QED) is 0.751. The molecule has 0 unspecified atom stereocenters. The molecule has 0 fully saturated rings. The lowest BCUT2D eigenvalue weighted by Crippen LogP contribution is -2.46. The summed E-state index contributed by atoms with van der Waals surface area (Å²) < 4.78 is 1.62. The van der Waals surface area contributed by atoms with Crippen molar-refractivity contribution >= 4 is 6.03 Å². The zero-order chi connectivity index (χ0) is 18.6. The first kappa shape index (κ1) is 19.0. The summed E-state index contributed by atoms with van der Waals surface area (Å²) in [5, 5.41) is 20.2. The second-order valence-electron chi connectivity index (χ2n) is 7.04. The van der Waals surface area contributed by atoms with E-state index in [1.807, 2.05) is 6.92 Å². The molecule has 0 aliphatic heterocycles. The first-order valence-electron chi connectivity index (χ1n) is 8.49. The van der Waals surface area contributed by atoms with Crippen LogP contribution in [0.2, 0.25) is 0 Å². The van der Waals surface area contributed by atoms with Crippen molar-refractivity contribution in [3.05, 3.63) is 52.8 Å². The molecule has 2 rings (SSSR count). The first-order valence-corrected chi connectivity index (χ1v) is 8.49. The minimum Gasteiger partial charge on any atom is -0.383 e. The van der Waals surface area contributed by atoms with Crippen LogP contribution in [0.4, 0.5) is 4.79 Å². The normalized spacial score (nSPS) is 14.6. The minimum absolute atomic E-state index is 0.00949. The number of urea groups is 1. The van der Waals surface area contributed by atoms with Crippen LogP contribution in [0.25, 0.3) is 0 Å². The van der Waals surface area contributed by atoms with Crippen LogP contribution in [-0.4, -0.2) is 33.5 Å². The summed E-state index contributed by atoms with van der Waals surface area (Å²) in [6.45, 7) is 7.89. The Kier molecular flexibility index (Phi) is 5.85. The zero-order valence-electron chi connectivity index (χ0n) is 15.6. The topological polar surface area (TPSA) is 79.2 Å². The molecule has 6 nitrogen and oxygen atoms in total. The van der Waals surface area contributed by atoms with Gasteiger partial charge in [-0.25, -0.2) is 4.79 Å². The van der Waals surface area contributed by atoms with Crippen LogP contribution in [0, 0.1) is 13.8 Å². The van der Waals surface area contributed by atoms with Gasteiger partial charge in [0.15, 0.2) is 0 Å². The summed E-state index contributed by atoms with van der Waals surface area (Å²) in [5.74, 6) is 0. The fourth-order valence-electron chi connectivity index (χ4n) is 2.78. The van der Waals surface area contributed by atoms with Gasteiger partial charge >= 0.3 is 6.03 Å². The molecule has 0 saturated carbocycles. The number of nitrogens with one attached hydrogen (secondary N) is 2. The van der Waals surface area contributed by atoms with Gasteiger partial charge in [0.05, 0.1) is 12.7 Å². The second kappa shape index (κ2) is 7.70. The number of aryl methyl sites for hydroxylation is 3. The van der Waals surface area contributed by atoms with Crippen molar-refractivity contribution in [3.8, 4) is 0 Å². The Morgan fingerprint density at radius 3 is 2.72 bits per heavy atom. The number of aliphatic hydroxyl groups is 1. The van der Waals surface area contributed by atoms with Gasteiger partial charge in [-0.05, 0) is 45.2 Å². The molecule has 6 heteroatoms. The standard InChI is InChI=1S/C19H28N4O2/c1-13-6-7-16(14(2)8-13)9-15(3)22-18(24)20-12-19(4,25)17-10-21-23(5)11-17/h6-8,10-11,15,25H,9,12H2,1-5H3,(H2,20,22,24)/t15-,19-/m1/s1. The monoisotopic (exact) mass is 344 g/mol. The maximum Gasteiger partial charge on any atom is 0.315 e. The predicted octanol–water partition coefficient (Wildman–Crippen LogP) is 2.17. The van der Waals surface area contributed by atoms with Gasteiger partial charge in [-0.15, -0.1) is 0 Å². The number of hydrogen-bond donors (Lipinski definition) is 3. The molecule has 0 saturated heterocycles. The summed E-state index contributed by atoms with van der Waals surface area (Å²) >= 11 is 0. The molecule has 2 aromatic rings. The number of carbonyl (C=O) groups excluding carboxylic acids is 1. The van der Waals surface area contributed by atoms with E-state index in [0.717, 1.165) is 6.42 Å². The van der Waals surface area contributed by atoms with Crippen LogP contribution in [0.5, 0.6) is 0 Å². The Hall–Kier alpha value is -2.34. The molecule has 0 spiro atoms. The molecule has 3 N–H and O–H groups in total. The third-order valence-corrected chi connectivity index (χ3v) is 4.32. The van der Waals surface area contributed by atoms with Gasteiger partial charge in [-0.1, -0.05) is 23.8 Å². The number of carbonyl (C=O) groups is 1. The number of amides is 2. The third kappa shape index (κ3) is 5.32. The molecule has 0 aliphatic carbocycles. The molecule has 2 amide bonds. The number of rotatable bonds is 6. The van der Waals surface area contributed by atoms with E-state index in [4.69, 9.17) is 0 Å². The highest BCUT2D eigenvalue weighted by molar-refractivity contribution is 5.74. The summed E-state index contributed by atoms with van der Waals surface area (Å²) in [4.78, 5) is 12.1. The van der Waals surface area contributed by atoms with E-state index < -0.39 is 5.60 Å². The Balaban J connectivity index is 1.85. The third-order valence-electron chi connectivity index (χ3n) is 4.32. The molecule has 1 heterocycles. The predicted molar refractivity (Wildman–Crippen MR) is 98.4 cm³/mol. The first-order chi connectivity index (χ1) is 11.7. The van der Waals surface area contributed by atoms with E-state index in [9.17, 15) is 9.90 Å². The lowest BCUT2D eigenvalue weighted by molar-refractivity contribution is 0.0592. The maximum absolute atomic E-state index is 12.1. The summed E-state index contributed by atoms with van der Waals surface area (Å²) in [7, 11) is 1.79.